The van der Waals surface area contributed by atoms with Crippen molar-refractivity contribution in [2.45, 2.75) is 32.1 Å². The van der Waals surface area contributed by atoms with Crippen LogP contribution >= 0.6 is 11.8 Å². The molecule has 0 aliphatic heterocycles. The smallest absolute Gasteiger partial charge is 0.144 e. The summed E-state index contributed by atoms with van der Waals surface area (Å²) < 4.78 is 0. The molecule has 1 heterocycles. The number of hydrogen-bond acceptors (Lipinski definition) is 5. The summed E-state index contributed by atoms with van der Waals surface area (Å²) in [5.41, 5.74) is 3.06. The molecule has 1 aliphatic carbocycles. The quantitative estimate of drug-likeness (QED) is 0.755. The highest BCUT2D eigenvalue weighted by Crippen LogP contribution is 2.24. The topological polar surface area (TPSA) is 68.9 Å². The first-order valence-corrected chi connectivity index (χ1v) is 8.36. The first kappa shape index (κ1) is 15.1. The molecular weight excluding hydrogens is 270 g/mol. The number of aliphatic hydroxyl groups is 1. The van der Waals surface area contributed by atoms with Gasteiger partial charge in [0, 0.05) is 24.6 Å². The van der Waals surface area contributed by atoms with Crippen LogP contribution in [0.15, 0.2) is 6.07 Å². The number of aryl methyl sites for hydroxylation is 2. The summed E-state index contributed by atoms with van der Waals surface area (Å²) in [5.74, 6) is 2.67. The fourth-order valence-electron chi connectivity index (χ4n) is 2.36. The highest BCUT2D eigenvalue weighted by atomic mass is 32.2. The number of anilines is 1. The molecule has 0 bridgehead atoms. The zero-order valence-corrected chi connectivity index (χ0v) is 12.5. The number of aromatic nitrogens is 1. The van der Waals surface area contributed by atoms with E-state index in [1.807, 2.05) is 6.07 Å². The Balaban J connectivity index is 1.91. The van der Waals surface area contributed by atoms with Crippen molar-refractivity contribution in [3.8, 4) is 6.07 Å². The van der Waals surface area contributed by atoms with E-state index in [1.165, 1.54) is 18.4 Å². The van der Waals surface area contributed by atoms with Crippen molar-refractivity contribution >= 4 is 17.6 Å². The molecule has 2 rings (SSSR count). The molecule has 2 N–H and O–H groups in total. The highest BCUT2D eigenvalue weighted by molar-refractivity contribution is 7.99. The largest absolute Gasteiger partial charge is 0.396 e. The van der Waals surface area contributed by atoms with Crippen LogP contribution in [-0.2, 0) is 12.8 Å². The summed E-state index contributed by atoms with van der Waals surface area (Å²) in [4.78, 5) is 4.64. The normalized spacial score (nSPS) is 13.6. The Morgan fingerprint density at radius 2 is 2.20 bits per heavy atom. The fraction of sp³-hybridized carbons (Fsp3) is 0.600. The van der Waals surface area contributed by atoms with Crippen molar-refractivity contribution in [1.82, 2.24) is 4.98 Å². The number of hydrogen-bond donors (Lipinski definition) is 2. The predicted molar refractivity (Wildman–Crippen MR) is 83.1 cm³/mol. The molecule has 0 saturated carbocycles. The average Bonchev–Trinajstić information content (AvgIpc) is 2.50. The fourth-order valence-corrected chi connectivity index (χ4v) is 3.15. The molecule has 1 aliphatic rings. The molecule has 0 saturated heterocycles. The summed E-state index contributed by atoms with van der Waals surface area (Å²) in [6.07, 6.45) is 5.32. The third kappa shape index (κ3) is 4.12. The van der Waals surface area contributed by atoms with Gasteiger partial charge in [0.05, 0.1) is 5.56 Å². The van der Waals surface area contributed by atoms with Crippen LogP contribution in [0.3, 0.4) is 0 Å². The maximum Gasteiger partial charge on any atom is 0.144 e. The highest BCUT2D eigenvalue weighted by Gasteiger charge is 2.14. The van der Waals surface area contributed by atoms with Gasteiger partial charge in [-0.25, -0.2) is 4.98 Å². The molecule has 108 valence electrons. The Bertz CT molecular complexity index is 485. The van der Waals surface area contributed by atoms with Crippen LogP contribution in [0, 0.1) is 11.3 Å². The van der Waals surface area contributed by atoms with Crippen LogP contribution in [0.4, 0.5) is 5.82 Å². The minimum atomic E-state index is 0.255. The van der Waals surface area contributed by atoms with E-state index >= 15 is 0 Å². The second-order valence-corrected chi connectivity index (χ2v) is 6.15. The minimum absolute atomic E-state index is 0.255. The van der Waals surface area contributed by atoms with Gasteiger partial charge in [0.2, 0.25) is 0 Å². The van der Waals surface area contributed by atoms with Gasteiger partial charge in [-0.05, 0) is 49.5 Å². The number of aliphatic hydroxyl groups excluding tert-OH is 1. The second-order valence-electron chi connectivity index (χ2n) is 4.93. The Morgan fingerprint density at radius 1 is 1.35 bits per heavy atom. The number of pyridine rings is 1. The molecule has 0 amide bonds. The molecule has 0 spiro atoms. The number of nitrogens with zero attached hydrogens (tertiary/aromatic N) is 2. The molecule has 1 aromatic heterocycles. The number of thioether (sulfide) groups is 1. The van der Waals surface area contributed by atoms with Gasteiger partial charge >= 0.3 is 0 Å². The van der Waals surface area contributed by atoms with Crippen molar-refractivity contribution in [2.75, 3.05) is 30.0 Å². The molecular formula is C15H21N3OS. The van der Waals surface area contributed by atoms with Crippen molar-refractivity contribution in [1.29, 1.82) is 5.26 Å². The van der Waals surface area contributed by atoms with E-state index in [1.54, 1.807) is 11.8 Å². The number of nitriles is 1. The van der Waals surface area contributed by atoms with Crippen molar-refractivity contribution in [3.05, 3.63) is 22.9 Å². The van der Waals surface area contributed by atoms with Gasteiger partial charge < -0.3 is 10.4 Å². The Kier molecular flexibility index (Phi) is 6.16. The van der Waals surface area contributed by atoms with Gasteiger partial charge in [-0.2, -0.15) is 17.0 Å². The predicted octanol–water partition coefficient (Wildman–Crippen LogP) is 2.36. The summed E-state index contributed by atoms with van der Waals surface area (Å²) in [6.45, 7) is 1.06. The molecule has 0 aromatic carbocycles. The van der Waals surface area contributed by atoms with E-state index in [-0.39, 0.29) is 6.61 Å². The SMILES string of the molecule is N#Cc1cc2c(nc1NCCSCCCO)CCCC2. The van der Waals surface area contributed by atoms with Gasteiger partial charge in [-0.1, -0.05) is 0 Å². The van der Waals surface area contributed by atoms with E-state index in [0.29, 0.717) is 5.56 Å². The molecule has 0 fully saturated rings. The average molecular weight is 291 g/mol. The molecule has 20 heavy (non-hydrogen) atoms. The maximum atomic E-state index is 9.23. The molecule has 0 atom stereocenters. The lowest BCUT2D eigenvalue weighted by Crippen LogP contribution is -2.12. The summed E-state index contributed by atoms with van der Waals surface area (Å²) in [5, 5.41) is 21.2. The molecule has 1 aromatic rings. The summed E-state index contributed by atoms with van der Waals surface area (Å²) in [7, 11) is 0. The zero-order valence-electron chi connectivity index (χ0n) is 11.7. The van der Waals surface area contributed by atoms with Gasteiger partial charge in [-0.3, -0.25) is 0 Å². The third-order valence-electron chi connectivity index (χ3n) is 3.41. The third-order valence-corrected chi connectivity index (χ3v) is 4.48. The van der Waals surface area contributed by atoms with Crippen molar-refractivity contribution in [3.63, 3.8) is 0 Å². The van der Waals surface area contributed by atoms with E-state index < -0.39 is 0 Å². The van der Waals surface area contributed by atoms with E-state index in [4.69, 9.17) is 5.11 Å². The monoisotopic (exact) mass is 291 g/mol. The number of nitrogens with one attached hydrogen (secondary N) is 1. The van der Waals surface area contributed by atoms with Crippen LogP contribution in [0.25, 0.3) is 0 Å². The Hall–Kier alpha value is -1.25. The standard InChI is InChI=1S/C15H21N3OS/c16-11-13-10-12-4-1-2-5-14(12)18-15(13)17-6-9-20-8-3-7-19/h10,19H,1-9H2,(H,17,18). The number of fused-ring (bicyclic) bond motifs is 1. The molecule has 5 heteroatoms. The summed E-state index contributed by atoms with van der Waals surface area (Å²) in [6, 6.07) is 4.24. The first-order valence-electron chi connectivity index (χ1n) is 7.20. The second kappa shape index (κ2) is 8.13. The van der Waals surface area contributed by atoms with Gasteiger partial charge in [0.1, 0.15) is 11.9 Å². The van der Waals surface area contributed by atoms with E-state index in [0.717, 1.165) is 48.8 Å². The van der Waals surface area contributed by atoms with Crippen LogP contribution < -0.4 is 5.32 Å². The number of rotatable bonds is 7. The first-order chi connectivity index (χ1) is 9.85. The Morgan fingerprint density at radius 3 is 3.00 bits per heavy atom. The lowest BCUT2D eigenvalue weighted by molar-refractivity contribution is 0.296. The lowest BCUT2D eigenvalue weighted by Gasteiger charge is -2.17. The van der Waals surface area contributed by atoms with Gasteiger partial charge in [-0.15, -0.1) is 0 Å². The van der Waals surface area contributed by atoms with Crippen LogP contribution in [0.2, 0.25) is 0 Å². The molecule has 0 radical (unpaired) electrons. The Labute approximate surface area is 124 Å². The molecule has 4 nitrogen and oxygen atoms in total. The molecule has 0 unspecified atom stereocenters. The van der Waals surface area contributed by atoms with Crippen LogP contribution in [0.5, 0.6) is 0 Å². The van der Waals surface area contributed by atoms with Crippen LogP contribution in [-0.4, -0.2) is 34.7 Å². The van der Waals surface area contributed by atoms with Gasteiger partial charge in [0.15, 0.2) is 0 Å². The summed E-state index contributed by atoms with van der Waals surface area (Å²) >= 11 is 1.81. The van der Waals surface area contributed by atoms with Crippen LogP contribution in [0.1, 0.15) is 36.1 Å². The van der Waals surface area contributed by atoms with E-state index in [2.05, 4.69) is 16.4 Å². The van der Waals surface area contributed by atoms with Crippen molar-refractivity contribution in [2.24, 2.45) is 0 Å². The van der Waals surface area contributed by atoms with Crippen molar-refractivity contribution < 1.29 is 5.11 Å². The minimum Gasteiger partial charge on any atom is -0.396 e. The maximum absolute atomic E-state index is 9.23. The lowest BCUT2D eigenvalue weighted by atomic mass is 9.95. The van der Waals surface area contributed by atoms with Gasteiger partial charge in [0.25, 0.3) is 0 Å². The zero-order chi connectivity index (χ0) is 14.2. The van der Waals surface area contributed by atoms with E-state index in [9.17, 15) is 5.26 Å².